The van der Waals surface area contributed by atoms with E-state index in [1.165, 1.54) is 18.6 Å². The third-order valence-electron chi connectivity index (χ3n) is 4.02. The minimum Gasteiger partial charge on any atom is -0.471 e. The summed E-state index contributed by atoms with van der Waals surface area (Å²) in [6.07, 6.45) is 3.09. The van der Waals surface area contributed by atoms with Gasteiger partial charge in [-0.1, -0.05) is 36.4 Å². The van der Waals surface area contributed by atoms with Crippen LogP contribution in [0.2, 0.25) is 0 Å². The first-order chi connectivity index (χ1) is 13.0. The number of nitrogens with two attached hydrogens (primary N) is 2. The molecule has 2 aromatic carbocycles. The lowest BCUT2D eigenvalue weighted by Gasteiger charge is -2.13. The molecule has 3 rings (SSSR count). The molecular weight excluding hydrogens is 348 g/mol. The number of amides is 1. The van der Waals surface area contributed by atoms with Crippen LogP contribution in [0, 0.1) is 5.41 Å². The van der Waals surface area contributed by atoms with E-state index in [-0.39, 0.29) is 23.4 Å². The fourth-order valence-electron chi connectivity index (χ4n) is 2.68. The van der Waals surface area contributed by atoms with Crippen LogP contribution < -0.4 is 16.9 Å². The summed E-state index contributed by atoms with van der Waals surface area (Å²) in [5.41, 5.74) is 14.6. The highest BCUT2D eigenvalue weighted by Crippen LogP contribution is 2.23. The normalized spacial score (nSPS) is 11.7. The second-order valence-electron chi connectivity index (χ2n) is 5.92. The molecule has 0 bridgehead atoms. The van der Waals surface area contributed by atoms with Crippen LogP contribution in [0.15, 0.2) is 59.4 Å². The van der Waals surface area contributed by atoms with Crippen molar-refractivity contribution in [1.29, 1.82) is 5.41 Å². The lowest BCUT2D eigenvalue weighted by atomic mass is 10.0. The average molecular weight is 366 g/mol. The van der Waals surface area contributed by atoms with E-state index < -0.39 is 17.9 Å². The van der Waals surface area contributed by atoms with Crippen LogP contribution in [0.25, 0.3) is 10.8 Å². The van der Waals surface area contributed by atoms with Gasteiger partial charge in [0.15, 0.2) is 0 Å². The van der Waals surface area contributed by atoms with Crippen LogP contribution in [0.5, 0.6) is 0 Å². The molecule has 138 valence electrons. The van der Waals surface area contributed by atoms with E-state index in [2.05, 4.69) is 5.48 Å². The Morgan fingerprint density at radius 2 is 1.89 bits per heavy atom. The summed E-state index contributed by atoms with van der Waals surface area (Å²) >= 11 is 0. The van der Waals surface area contributed by atoms with Crippen LogP contribution in [-0.2, 0) is 16.1 Å². The zero-order valence-electron chi connectivity index (χ0n) is 14.3. The van der Waals surface area contributed by atoms with Crippen molar-refractivity contribution in [3.8, 4) is 0 Å². The van der Waals surface area contributed by atoms with Gasteiger partial charge in [-0.15, -0.1) is 0 Å². The van der Waals surface area contributed by atoms with Gasteiger partial charge in [0.2, 0.25) is 0 Å². The summed E-state index contributed by atoms with van der Waals surface area (Å²) in [6.45, 7) is 0. The van der Waals surface area contributed by atoms with Gasteiger partial charge in [-0.25, -0.2) is 4.79 Å². The maximum Gasteiger partial charge on any atom is 0.349 e. The van der Waals surface area contributed by atoms with Gasteiger partial charge in [0.05, 0.1) is 18.1 Å². The van der Waals surface area contributed by atoms with E-state index in [0.717, 1.165) is 5.56 Å². The summed E-state index contributed by atoms with van der Waals surface area (Å²) in [6, 6.07) is 11.5. The number of fused-ring (bicyclic) bond motifs is 1. The number of amidine groups is 1. The van der Waals surface area contributed by atoms with E-state index in [1.807, 2.05) is 30.3 Å². The predicted molar refractivity (Wildman–Crippen MR) is 98.9 cm³/mol. The summed E-state index contributed by atoms with van der Waals surface area (Å²) in [5.74, 6) is -1.81. The molecule has 8 heteroatoms. The number of carbonyl (C=O) groups is 2. The van der Waals surface area contributed by atoms with Crippen molar-refractivity contribution in [1.82, 2.24) is 5.48 Å². The van der Waals surface area contributed by atoms with E-state index in [4.69, 9.17) is 26.1 Å². The van der Waals surface area contributed by atoms with Gasteiger partial charge in [-0.2, -0.15) is 5.48 Å². The van der Waals surface area contributed by atoms with Crippen molar-refractivity contribution < 1.29 is 18.8 Å². The standard InChI is InChI=1S/C19H18N4O4/c20-15(8-11-4-2-1-3-5-11)19(25)27-23-18(24)16-13(17(21)22)7-6-12-9-26-10-14(12)16/h1-7,9-10,15H,8,20H2,(H3,21,22)(H,23,24). The smallest absolute Gasteiger partial charge is 0.349 e. The molecule has 1 atom stereocenters. The summed E-state index contributed by atoms with van der Waals surface area (Å²) in [5, 5.41) is 8.75. The molecule has 0 saturated carbocycles. The van der Waals surface area contributed by atoms with Gasteiger partial charge in [0, 0.05) is 16.3 Å². The van der Waals surface area contributed by atoms with Gasteiger partial charge in [-0.05, 0) is 18.1 Å². The molecule has 1 unspecified atom stereocenters. The van der Waals surface area contributed by atoms with Crippen molar-refractivity contribution in [2.75, 3.05) is 0 Å². The number of hydrogen-bond donors (Lipinski definition) is 4. The van der Waals surface area contributed by atoms with Crippen molar-refractivity contribution in [2.24, 2.45) is 11.5 Å². The lowest BCUT2D eigenvalue weighted by Crippen LogP contribution is -2.39. The SMILES string of the molecule is N=C(N)c1ccc2cocc2c1C(=O)NOC(=O)C(N)Cc1ccccc1. The summed E-state index contributed by atoms with van der Waals surface area (Å²) in [4.78, 5) is 29.5. The Balaban J connectivity index is 1.71. The molecule has 0 radical (unpaired) electrons. The lowest BCUT2D eigenvalue weighted by molar-refractivity contribution is -0.150. The second-order valence-corrected chi connectivity index (χ2v) is 5.92. The van der Waals surface area contributed by atoms with E-state index >= 15 is 0 Å². The molecule has 0 aliphatic carbocycles. The molecule has 8 nitrogen and oxygen atoms in total. The molecule has 1 aromatic heterocycles. The predicted octanol–water partition coefficient (Wildman–Crippen LogP) is 1.47. The fourth-order valence-corrected chi connectivity index (χ4v) is 2.68. The first kappa shape index (κ1) is 18.2. The molecule has 27 heavy (non-hydrogen) atoms. The Kier molecular flexibility index (Phi) is 5.18. The highest BCUT2D eigenvalue weighted by Gasteiger charge is 2.22. The first-order valence-electron chi connectivity index (χ1n) is 8.11. The molecular formula is C19H18N4O4. The Hall–Kier alpha value is -3.65. The Bertz CT molecular complexity index is 997. The summed E-state index contributed by atoms with van der Waals surface area (Å²) in [7, 11) is 0. The van der Waals surface area contributed by atoms with Gasteiger partial charge in [0.1, 0.15) is 11.9 Å². The van der Waals surface area contributed by atoms with Crippen molar-refractivity contribution in [3.63, 3.8) is 0 Å². The highest BCUT2D eigenvalue weighted by atomic mass is 16.7. The largest absolute Gasteiger partial charge is 0.471 e. The summed E-state index contributed by atoms with van der Waals surface area (Å²) < 4.78 is 5.10. The molecule has 0 fully saturated rings. The zero-order chi connectivity index (χ0) is 19.4. The molecule has 0 aliphatic rings. The quantitative estimate of drug-likeness (QED) is 0.306. The fraction of sp³-hybridized carbons (Fsp3) is 0.105. The number of hydrogen-bond acceptors (Lipinski definition) is 6. The van der Waals surface area contributed by atoms with Crippen LogP contribution in [0.4, 0.5) is 0 Å². The molecule has 1 amide bonds. The van der Waals surface area contributed by atoms with Gasteiger partial charge in [0.25, 0.3) is 5.91 Å². The van der Waals surface area contributed by atoms with E-state index in [0.29, 0.717) is 10.8 Å². The van der Waals surface area contributed by atoms with Crippen molar-refractivity contribution in [3.05, 3.63) is 71.7 Å². The Morgan fingerprint density at radius 1 is 1.15 bits per heavy atom. The second kappa shape index (κ2) is 7.71. The van der Waals surface area contributed by atoms with Crippen LogP contribution in [-0.4, -0.2) is 23.8 Å². The number of nitrogens with one attached hydrogen (secondary N) is 2. The molecule has 0 saturated heterocycles. The monoisotopic (exact) mass is 366 g/mol. The maximum absolute atomic E-state index is 12.5. The third-order valence-corrected chi connectivity index (χ3v) is 4.02. The van der Waals surface area contributed by atoms with Crippen LogP contribution in [0.3, 0.4) is 0 Å². The van der Waals surface area contributed by atoms with Crippen molar-refractivity contribution >= 4 is 28.5 Å². The van der Waals surface area contributed by atoms with Gasteiger partial charge >= 0.3 is 5.97 Å². The van der Waals surface area contributed by atoms with Gasteiger partial charge in [-0.3, -0.25) is 10.2 Å². The Morgan fingerprint density at radius 3 is 2.59 bits per heavy atom. The number of rotatable bonds is 5. The van der Waals surface area contributed by atoms with E-state index in [1.54, 1.807) is 6.07 Å². The molecule has 1 heterocycles. The highest BCUT2D eigenvalue weighted by molar-refractivity contribution is 6.15. The number of carbonyl (C=O) groups excluding carboxylic acids is 2. The minimum absolute atomic E-state index is 0.0816. The average Bonchev–Trinajstić information content (AvgIpc) is 3.14. The topological polar surface area (TPSA) is 144 Å². The first-order valence-corrected chi connectivity index (χ1v) is 8.11. The molecule has 0 aliphatic heterocycles. The number of furan rings is 1. The minimum atomic E-state index is -0.940. The number of hydroxylamine groups is 1. The zero-order valence-corrected chi connectivity index (χ0v) is 14.3. The third kappa shape index (κ3) is 3.96. The molecule has 6 N–H and O–H groups in total. The molecule has 3 aromatic rings. The Labute approximate surface area is 154 Å². The van der Waals surface area contributed by atoms with Crippen LogP contribution >= 0.6 is 0 Å². The van der Waals surface area contributed by atoms with Crippen LogP contribution in [0.1, 0.15) is 21.5 Å². The maximum atomic E-state index is 12.5. The molecule has 0 spiro atoms. The van der Waals surface area contributed by atoms with Crippen molar-refractivity contribution in [2.45, 2.75) is 12.5 Å². The number of nitrogen functional groups attached to an aromatic ring is 1. The number of benzene rings is 2. The van der Waals surface area contributed by atoms with Gasteiger partial charge < -0.3 is 20.7 Å². The van der Waals surface area contributed by atoms with E-state index in [9.17, 15) is 9.59 Å².